The number of hydrogen-bond donors (Lipinski definition) is 2. The van der Waals surface area contributed by atoms with Crippen LogP contribution in [-0.2, 0) is 9.53 Å². The molecule has 2 N–H and O–H groups in total. The van der Waals surface area contributed by atoms with Gasteiger partial charge in [0.15, 0.2) is 0 Å². The molecular formula is C13H24N2O3. The molecule has 0 aromatic rings. The lowest BCUT2D eigenvalue weighted by molar-refractivity contribution is -0.138. The van der Waals surface area contributed by atoms with Crippen molar-refractivity contribution in [1.29, 1.82) is 0 Å². The van der Waals surface area contributed by atoms with Crippen LogP contribution in [0.1, 0.15) is 25.7 Å². The minimum absolute atomic E-state index is 0.0763. The van der Waals surface area contributed by atoms with E-state index in [-0.39, 0.29) is 18.6 Å². The van der Waals surface area contributed by atoms with Crippen LogP contribution in [0, 0.1) is 5.92 Å². The third kappa shape index (κ3) is 3.67. The molecule has 0 spiro atoms. The molecule has 1 amide bonds. The molecule has 2 aliphatic rings. The van der Waals surface area contributed by atoms with Crippen LogP contribution in [0.25, 0.3) is 0 Å². The van der Waals surface area contributed by atoms with Crippen molar-refractivity contribution in [1.82, 2.24) is 10.2 Å². The van der Waals surface area contributed by atoms with Gasteiger partial charge in [-0.2, -0.15) is 0 Å². The van der Waals surface area contributed by atoms with Gasteiger partial charge in [0, 0.05) is 19.6 Å². The standard InChI is InChI=1S/C13H24N2O3/c16-8-9-18-12-3-6-15(7-4-12)13(17)11-2-1-5-14-10-11/h11-12,14,16H,1-10H2/t11-/m1/s1. The molecule has 104 valence electrons. The summed E-state index contributed by atoms with van der Waals surface area (Å²) in [5.74, 6) is 0.483. The molecule has 0 aromatic carbocycles. The normalized spacial score (nSPS) is 26.3. The summed E-state index contributed by atoms with van der Waals surface area (Å²) < 4.78 is 5.51. The highest BCUT2D eigenvalue weighted by atomic mass is 16.5. The number of ether oxygens (including phenoxy) is 1. The highest BCUT2D eigenvalue weighted by Crippen LogP contribution is 2.19. The molecule has 0 aromatic heterocycles. The number of hydrogen-bond acceptors (Lipinski definition) is 4. The van der Waals surface area contributed by atoms with Gasteiger partial charge in [-0.3, -0.25) is 4.79 Å². The molecule has 0 aliphatic carbocycles. The van der Waals surface area contributed by atoms with Crippen molar-refractivity contribution in [3.8, 4) is 0 Å². The maximum Gasteiger partial charge on any atom is 0.226 e. The van der Waals surface area contributed by atoms with Crippen LogP contribution in [0.4, 0.5) is 0 Å². The molecule has 2 heterocycles. The zero-order valence-corrected chi connectivity index (χ0v) is 10.9. The molecular weight excluding hydrogens is 232 g/mol. The van der Waals surface area contributed by atoms with Gasteiger partial charge in [0.2, 0.25) is 5.91 Å². The van der Waals surface area contributed by atoms with E-state index in [0.29, 0.717) is 12.5 Å². The van der Waals surface area contributed by atoms with E-state index in [2.05, 4.69) is 5.32 Å². The Labute approximate surface area is 108 Å². The van der Waals surface area contributed by atoms with Gasteiger partial charge in [-0.1, -0.05) is 0 Å². The van der Waals surface area contributed by atoms with Crippen molar-refractivity contribution in [3.05, 3.63) is 0 Å². The van der Waals surface area contributed by atoms with Crippen LogP contribution < -0.4 is 5.32 Å². The predicted molar refractivity (Wildman–Crippen MR) is 68.2 cm³/mol. The quantitative estimate of drug-likeness (QED) is 0.742. The summed E-state index contributed by atoms with van der Waals surface area (Å²) in [5, 5.41) is 12.0. The topological polar surface area (TPSA) is 61.8 Å². The van der Waals surface area contributed by atoms with Crippen molar-refractivity contribution in [2.75, 3.05) is 39.4 Å². The first-order chi connectivity index (χ1) is 8.81. The smallest absolute Gasteiger partial charge is 0.226 e. The molecule has 2 saturated heterocycles. The third-order valence-electron chi connectivity index (χ3n) is 3.84. The van der Waals surface area contributed by atoms with Gasteiger partial charge >= 0.3 is 0 Å². The van der Waals surface area contributed by atoms with Crippen LogP contribution in [0.2, 0.25) is 0 Å². The maximum atomic E-state index is 12.3. The first-order valence-electron chi connectivity index (χ1n) is 7.03. The van der Waals surface area contributed by atoms with Gasteiger partial charge in [0.1, 0.15) is 0 Å². The minimum Gasteiger partial charge on any atom is -0.394 e. The van der Waals surface area contributed by atoms with Gasteiger partial charge in [-0.25, -0.2) is 0 Å². The number of nitrogens with one attached hydrogen (secondary N) is 1. The summed E-state index contributed by atoms with van der Waals surface area (Å²) in [4.78, 5) is 14.3. The van der Waals surface area contributed by atoms with Gasteiger partial charge in [0.05, 0.1) is 25.2 Å². The van der Waals surface area contributed by atoms with Crippen LogP contribution >= 0.6 is 0 Å². The lowest BCUT2D eigenvalue weighted by Crippen LogP contribution is -2.47. The van der Waals surface area contributed by atoms with Crippen LogP contribution in [-0.4, -0.2) is 61.4 Å². The average molecular weight is 256 g/mol. The minimum atomic E-state index is 0.0763. The second-order valence-corrected chi connectivity index (χ2v) is 5.16. The predicted octanol–water partition coefficient (Wildman–Crippen LogP) is -0.0141. The van der Waals surface area contributed by atoms with Gasteiger partial charge in [-0.05, 0) is 32.2 Å². The first kappa shape index (κ1) is 13.8. The van der Waals surface area contributed by atoms with Crippen molar-refractivity contribution in [3.63, 3.8) is 0 Å². The number of nitrogens with zero attached hydrogens (tertiary/aromatic N) is 1. The van der Waals surface area contributed by atoms with E-state index in [1.54, 1.807) is 0 Å². The van der Waals surface area contributed by atoms with Crippen molar-refractivity contribution >= 4 is 5.91 Å². The van der Waals surface area contributed by atoms with E-state index in [1.807, 2.05) is 4.90 Å². The van der Waals surface area contributed by atoms with Crippen molar-refractivity contribution < 1.29 is 14.6 Å². The van der Waals surface area contributed by atoms with Crippen molar-refractivity contribution in [2.24, 2.45) is 5.92 Å². The lowest BCUT2D eigenvalue weighted by atomic mass is 9.96. The summed E-state index contributed by atoms with van der Waals surface area (Å²) in [7, 11) is 0. The lowest BCUT2D eigenvalue weighted by Gasteiger charge is -2.35. The third-order valence-corrected chi connectivity index (χ3v) is 3.84. The Balaban J connectivity index is 1.73. The number of aliphatic hydroxyl groups excluding tert-OH is 1. The van der Waals surface area contributed by atoms with Gasteiger partial charge in [-0.15, -0.1) is 0 Å². The summed E-state index contributed by atoms with van der Waals surface area (Å²) in [6.07, 6.45) is 4.13. The molecule has 18 heavy (non-hydrogen) atoms. The number of carbonyl (C=O) groups excluding carboxylic acids is 1. The molecule has 5 nitrogen and oxygen atoms in total. The Morgan fingerprint density at radius 2 is 2.11 bits per heavy atom. The first-order valence-corrected chi connectivity index (χ1v) is 7.03. The van der Waals surface area contributed by atoms with E-state index in [4.69, 9.17) is 9.84 Å². The second-order valence-electron chi connectivity index (χ2n) is 5.16. The summed E-state index contributed by atoms with van der Waals surface area (Å²) in [6.45, 7) is 3.95. The van der Waals surface area contributed by atoms with Crippen LogP contribution in [0.5, 0.6) is 0 Å². The highest BCUT2D eigenvalue weighted by Gasteiger charge is 2.29. The van der Waals surface area contributed by atoms with E-state index in [0.717, 1.165) is 51.9 Å². The Morgan fingerprint density at radius 3 is 2.72 bits per heavy atom. The Kier molecular flexibility index (Phi) is 5.41. The number of amides is 1. The number of carbonyl (C=O) groups is 1. The van der Waals surface area contributed by atoms with Crippen molar-refractivity contribution in [2.45, 2.75) is 31.8 Å². The zero-order valence-electron chi connectivity index (χ0n) is 10.9. The summed E-state index contributed by atoms with van der Waals surface area (Å²) in [5.41, 5.74) is 0. The Morgan fingerprint density at radius 1 is 1.33 bits per heavy atom. The average Bonchev–Trinajstić information content (AvgIpc) is 2.46. The molecule has 0 unspecified atom stereocenters. The molecule has 0 radical (unpaired) electrons. The molecule has 0 bridgehead atoms. The molecule has 0 saturated carbocycles. The zero-order chi connectivity index (χ0) is 12.8. The fourth-order valence-electron chi connectivity index (χ4n) is 2.78. The van der Waals surface area contributed by atoms with E-state index in [9.17, 15) is 4.79 Å². The number of aliphatic hydroxyl groups is 1. The molecule has 2 fully saturated rings. The molecule has 5 heteroatoms. The fourth-order valence-corrected chi connectivity index (χ4v) is 2.78. The second kappa shape index (κ2) is 7.07. The number of piperidine rings is 2. The molecule has 1 atom stereocenters. The number of rotatable bonds is 4. The Hall–Kier alpha value is -0.650. The van der Waals surface area contributed by atoms with E-state index >= 15 is 0 Å². The molecule has 2 aliphatic heterocycles. The SMILES string of the molecule is O=C([C@@H]1CCCNC1)N1CCC(OCCO)CC1. The van der Waals surface area contributed by atoms with E-state index in [1.165, 1.54) is 0 Å². The largest absolute Gasteiger partial charge is 0.394 e. The fraction of sp³-hybridized carbons (Fsp3) is 0.923. The monoisotopic (exact) mass is 256 g/mol. The van der Waals surface area contributed by atoms with Crippen LogP contribution in [0.3, 0.4) is 0 Å². The van der Waals surface area contributed by atoms with E-state index < -0.39 is 0 Å². The van der Waals surface area contributed by atoms with Gasteiger partial charge < -0.3 is 20.1 Å². The summed E-state index contributed by atoms with van der Waals surface area (Å²) >= 11 is 0. The Bertz CT molecular complexity index is 259. The van der Waals surface area contributed by atoms with Crippen LogP contribution in [0.15, 0.2) is 0 Å². The highest BCUT2D eigenvalue weighted by molar-refractivity contribution is 5.79. The maximum absolute atomic E-state index is 12.3. The van der Waals surface area contributed by atoms with Gasteiger partial charge in [0.25, 0.3) is 0 Å². The molecule has 2 rings (SSSR count). The number of likely N-dealkylation sites (tertiary alicyclic amines) is 1. The summed E-state index contributed by atoms with van der Waals surface area (Å²) in [6, 6.07) is 0.